The Morgan fingerprint density at radius 1 is 1.67 bits per heavy atom. The van der Waals surface area contributed by atoms with E-state index in [9.17, 15) is 0 Å². The predicted octanol–water partition coefficient (Wildman–Crippen LogP) is 0.549. The second-order valence-electron chi connectivity index (χ2n) is 3.74. The van der Waals surface area contributed by atoms with Crippen molar-refractivity contribution in [1.82, 2.24) is 10.2 Å². The van der Waals surface area contributed by atoms with Gasteiger partial charge in [-0.05, 0) is 5.92 Å². The third-order valence-corrected chi connectivity index (χ3v) is 2.41. The van der Waals surface area contributed by atoms with Gasteiger partial charge in [-0.1, -0.05) is 19.8 Å². The van der Waals surface area contributed by atoms with Crippen molar-refractivity contribution in [1.29, 1.82) is 0 Å². The van der Waals surface area contributed by atoms with E-state index in [0.717, 1.165) is 26.2 Å². The second-order valence-corrected chi connectivity index (χ2v) is 3.74. The summed E-state index contributed by atoms with van der Waals surface area (Å²) in [6.07, 6.45) is 5.27. The van der Waals surface area contributed by atoms with Crippen molar-refractivity contribution < 1.29 is 0 Å². The summed E-state index contributed by atoms with van der Waals surface area (Å²) in [6.45, 7) is 8.55. The van der Waals surface area contributed by atoms with Crippen LogP contribution in [-0.4, -0.2) is 37.1 Å². The summed E-state index contributed by atoms with van der Waals surface area (Å²) in [4.78, 5) is 2.33. The van der Waals surface area contributed by atoms with Gasteiger partial charge in [0.2, 0.25) is 0 Å². The first-order valence-corrected chi connectivity index (χ1v) is 4.63. The SMILES string of the molecule is C#CCN1CCNC(C(C)C)C1. The Morgan fingerprint density at radius 2 is 2.42 bits per heavy atom. The standard InChI is InChI=1S/C10H18N2/c1-4-6-12-7-5-11-10(8-12)9(2)3/h1,9-11H,5-8H2,2-3H3. The van der Waals surface area contributed by atoms with Crippen molar-refractivity contribution in [3.8, 4) is 12.3 Å². The average molecular weight is 166 g/mol. The molecule has 2 nitrogen and oxygen atoms in total. The Morgan fingerprint density at radius 3 is 3.00 bits per heavy atom. The van der Waals surface area contributed by atoms with Gasteiger partial charge in [0, 0.05) is 25.7 Å². The van der Waals surface area contributed by atoms with Gasteiger partial charge in [0.25, 0.3) is 0 Å². The van der Waals surface area contributed by atoms with E-state index in [1.165, 1.54) is 0 Å². The van der Waals surface area contributed by atoms with E-state index in [2.05, 4.69) is 30.0 Å². The molecule has 0 amide bonds. The fourth-order valence-corrected chi connectivity index (χ4v) is 1.56. The maximum Gasteiger partial charge on any atom is 0.0599 e. The number of hydrogen-bond donors (Lipinski definition) is 1. The number of hydrogen-bond acceptors (Lipinski definition) is 2. The van der Waals surface area contributed by atoms with Crippen LogP contribution in [0.5, 0.6) is 0 Å². The molecule has 1 unspecified atom stereocenters. The van der Waals surface area contributed by atoms with E-state index in [-0.39, 0.29) is 0 Å². The van der Waals surface area contributed by atoms with Gasteiger partial charge >= 0.3 is 0 Å². The minimum absolute atomic E-state index is 0.618. The zero-order chi connectivity index (χ0) is 8.97. The van der Waals surface area contributed by atoms with Crippen molar-refractivity contribution in [2.24, 2.45) is 5.92 Å². The fraction of sp³-hybridized carbons (Fsp3) is 0.800. The van der Waals surface area contributed by atoms with Crippen LogP contribution >= 0.6 is 0 Å². The smallest absolute Gasteiger partial charge is 0.0599 e. The molecule has 12 heavy (non-hydrogen) atoms. The average Bonchev–Trinajstić information content (AvgIpc) is 2.05. The van der Waals surface area contributed by atoms with Crippen LogP contribution in [0.15, 0.2) is 0 Å². The summed E-state index contributed by atoms with van der Waals surface area (Å²) >= 11 is 0. The van der Waals surface area contributed by atoms with Crippen molar-refractivity contribution in [3.63, 3.8) is 0 Å². The van der Waals surface area contributed by atoms with Crippen LogP contribution < -0.4 is 5.32 Å². The van der Waals surface area contributed by atoms with E-state index in [0.29, 0.717) is 12.0 Å². The molecule has 1 saturated heterocycles. The topological polar surface area (TPSA) is 15.3 Å². The zero-order valence-corrected chi connectivity index (χ0v) is 8.01. The maximum atomic E-state index is 5.27. The van der Waals surface area contributed by atoms with E-state index >= 15 is 0 Å². The summed E-state index contributed by atoms with van der Waals surface area (Å²) in [6, 6.07) is 0.618. The molecular formula is C10H18N2. The maximum absolute atomic E-state index is 5.27. The molecule has 2 heteroatoms. The van der Waals surface area contributed by atoms with Gasteiger partial charge < -0.3 is 5.32 Å². The first-order chi connectivity index (χ1) is 5.74. The molecule has 0 radical (unpaired) electrons. The summed E-state index contributed by atoms with van der Waals surface area (Å²) in [5.41, 5.74) is 0. The summed E-state index contributed by atoms with van der Waals surface area (Å²) in [7, 11) is 0. The Balaban J connectivity index is 2.36. The molecule has 1 aliphatic rings. The lowest BCUT2D eigenvalue weighted by atomic mass is 10.0. The molecular weight excluding hydrogens is 148 g/mol. The first kappa shape index (κ1) is 9.57. The van der Waals surface area contributed by atoms with Gasteiger partial charge in [-0.25, -0.2) is 0 Å². The number of piperazine rings is 1. The molecule has 1 heterocycles. The van der Waals surface area contributed by atoms with Gasteiger partial charge in [0.1, 0.15) is 0 Å². The minimum atomic E-state index is 0.618. The Kier molecular flexibility index (Phi) is 3.58. The molecule has 1 rings (SSSR count). The highest BCUT2D eigenvalue weighted by Gasteiger charge is 2.20. The number of rotatable bonds is 2. The normalized spacial score (nSPS) is 25.7. The molecule has 1 aliphatic heterocycles. The van der Waals surface area contributed by atoms with Gasteiger partial charge in [-0.15, -0.1) is 6.42 Å². The molecule has 1 N–H and O–H groups in total. The van der Waals surface area contributed by atoms with Crippen LogP contribution in [0, 0.1) is 18.3 Å². The highest BCUT2D eigenvalue weighted by atomic mass is 15.2. The van der Waals surface area contributed by atoms with Crippen LogP contribution in [0.1, 0.15) is 13.8 Å². The Bertz CT molecular complexity index is 169. The van der Waals surface area contributed by atoms with E-state index in [1.54, 1.807) is 0 Å². The third-order valence-electron chi connectivity index (χ3n) is 2.41. The summed E-state index contributed by atoms with van der Waals surface area (Å²) < 4.78 is 0. The van der Waals surface area contributed by atoms with Crippen molar-refractivity contribution in [2.45, 2.75) is 19.9 Å². The van der Waals surface area contributed by atoms with Crippen LogP contribution in [0.3, 0.4) is 0 Å². The molecule has 0 aliphatic carbocycles. The fourth-order valence-electron chi connectivity index (χ4n) is 1.56. The first-order valence-electron chi connectivity index (χ1n) is 4.63. The molecule has 0 spiro atoms. The van der Waals surface area contributed by atoms with Crippen molar-refractivity contribution in [3.05, 3.63) is 0 Å². The van der Waals surface area contributed by atoms with Crippen LogP contribution in [0.2, 0.25) is 0 Å². The lowest BCUT2D eigenvalue weighted by Crippen LogP contribution is -2.52. The monoisotopic (exact) mass is 166 g/mol. The predicted molar refractivity (Wildman–Crippen MR) is 51.9 cm³/mol. The van der Waals surface area contributed by atoms with Gasteiger partial charge in [-0.3, -0.25) is 4.90 Å². The zero-order valence-electron chi connectivity index (χ0n) is 8.01. The van der Waals surface area contributed by atoms with Crippen LogP contribution in [-0.2, 0) is 0 Å². The molecule has 0 saturated carbocycles. The third kappa shape index (κ3) is 2.51. The highest BCUT2D eigenvalue weighted by Crippen LogP contribution is 2.07. The Labute approximate surface area is 75.3 Å². The molecule has 0 bridgehead atoms. The van der Waals surface area contributed by atoms with E-state index < -0.39 is 0 Å². The van der Waals surface area contributed by atoms with Crippen molar-refractivity contribution >= 4 is 0 Å². The summed E-state index contributed by atoms with van der Waals surface area (Å²) in [5, 5.41) is 3.50. The highest BCUT2D eigenvalue weighted by molar-refractivity contribution is 4.91. The van der Waals surface area contributed by atoms with Gasteiger partial charge in [0.15, 0.2) is 0 Å². The van der Waals surface area contributed by atoms with Crippen LogP contribution in [0.25, 0.3) is 0 Å². The molecule has 0 aromatic rings. The quantitative estimate of drug-likeness (QED) is 0.603. The van der Waals surface area contributed by atoms with E-state index in [1.807, 2.05) is 0 Å². The molecule has 0 aromatic heterocycles. The van der Waals surface area contributed by atoms with Crippen molar-refractivity contribution in [2.75, 3.05) is 26.2 Å². The lowest BCUT2D eigenvalue weighted by Gasteiger charge is -2.34. The van der Waals surface area contributed by atoms with Gasteiger partial charge in [0.05, 0.1) is 6.54 Å². The Hall–Kier alpha value is -0.520. The molecule has 0 aromatic carbocycles. The lowest BCUT2D eigenvalue weighted by molar-refractivity contribution is 0.192. The minimum Gasteiger partial charge on any atom is -0.311 e. The summed E-state index contributed by atoms with van der Waals surface area (Å²) in [5.74, 6) is 3.39. The number of nitrogens with one attached hydrogen (secondary N) is 1. The number of terminal acetylenes is 1. The van der Waals surface area contributed by atoms with Crippen LogP contribution in [0.4, 0.5) is 0 Å². The number of nitrogens with zero attached hydrogens (tertiary/aromatic N) is 1. The molecule has 1 fully saturated rings. The molecule has 1 atom stereocenters. The van der Waals surface area contributed by atoms with Gasteiger partial charge in [-0.2, -0.15) is 0 Å². The largest absolute Gasteiger partial charge is 0.311 e. The van der Waals surface area contributed by atoms with E-state index in [4.69, 9.17) is 6.42 Å². The molecule has 68 valence electrons. The second kappa shape index (κ2) is 4.49.